The van der Waals surface area contributed by atoms with Crippen molar-refractivity contribution in [1.29, 1.82) is 0 Å². The van der Waals surface area contributed by atoms with E-state index >= 15 is 0 Å². The Morgan fingerprint density at radius 3 is 2.14 bits per heavy atom. The summed E-state index contributed by atoms with van der Waals surface area (Å²) in [5.41, 5.74) is 3.76. The maximum atomic E-state index is 13.2. The maximum Gasteiger partial charge on any atom is 0.407 e. The highest BCUT2D eigenvalue weighted by Gasteiger charge is 2.42. The fourth-order valence-electron chi connectivity index (χ4n) is 5.34. The van der Waals surface area contributed by atoms with Gasteiger partial charge >= 0.3 is 12.1 Å². The van der Waals surface area contributed by atoms with Crippen LogP contribution < -0.4 is 10.6 Å². The fraction of sp³-hybridized carbons (Fsp3) is 0.464. The van der Waals surface area contributed by atoms with E-state index in [1.807, 2.05) is 24.3 Å². The number of ether oxygens (including phenoxy) is 1. The zero-order valence-electron chi connectivity index (χ0n) is 20.4. The molecule has 1 fully saturated rings. The number of hydrogen-bond acceptors (Lipinski definition) is 4. The molecule has 2 amide bonds. The van der Waals surface area contributed by atoms with Gasteiger partial charge < -0.3 is 20.5 Å². The van der Waals surface area contributed by atoms with Crippen molar-refractivity contribution in [3.63, 3.8) is 0 Å². The molecule has 0 aliphatic heterocycles. The van der Waals surface area contributed by atoms with Gasteiger partial charge in [0.25, 0.3) is 0 Å². The van der Waals surface area contributed by atoms with Crippen LogP contribution in [0.2, 0.25) is 0 Å². The summed E-state index contributed by atoms with van der Waals surface area (Å²) in [6.45, 7) is 4.20. The lowest BCUT2D eigenvalue weighted by Crippen LogP contribution is -2.54. The minimum absolute atomic E-state index is 0.0400. The van der Waals surface area contributed by atoms with Crippen LogP contribution in [-0.2, 0) is 14.3 Å². The Morgan fingerprint density at radius 2 is 1.60 bits per heavy atom. The van der Waals surface area contributed by atoms with Gasteiger partial charge in [-0.25, -0.2) is 9.59 Å². The molecule has 2 aliphatic carbocycles. The van der Waals surface area contributed by atoms with Crippen molar-refractivity contribution in [3.05, 3.63) is 59.7 Å². The van der Waals surface area contributed by atoms with Crippen molar-refractivity contribution in [2.75, 3.05) is 13.2 Å². The number of amides is 2. The van der Waals surface area contributed by atoms with E-state index in [4.69, 9.17) is 4.74 Å². The van der Waals surface area contributed by atoms with Crippen molar-refractivity contribution in [3.8, 4) is 11.1 Å². The molecule has 4 rings (SSSR count). The van der Waals surface area contributed by atoms with Gasteiger partial charge in [-0.3, -0.25) is 4.79 Å². The van der Waals surface area contributed by atoms with Gasteiger partial charge in [-0.05, 0) is 60.3 Å². The number of rotatable bonds is 8. The molecule has 7 nitrogen and oxygen atoms in total. The van der Waals surface area contributed by atoms with Crippen LogP contribution >= 0.6 is 0 Å². The molecule has 0 aromatic heterocycles. The standard InChI is InChI=1S/C28H34N2O5/c1-3-24(25(31)32)30-26(33)28(14-12-18(2)13-15-28)17-29-27(34)35-16-23-21-10-6-4-8-19(21)20-9-5-7-11-22(20)23/h4-11,18,23-24H,3,12-17H2,1-2H3,(H,29,34)(H,30,33)(H,31,32). The van der Waals surface area contributed by atoms with Crippen molar-refractivity contribution >= 4 is 18.0 Å². The molecule has 0 bridgehead atoms. The third-order valence-corrected chi connectivity index (χ3v) is 7.64. The molecule has 2 aliphatic rings. The zero-order valence-corrected chi connectivity index (χ0v) is 20.4. The first-order valence-corrected chi connectivity index (χ1v) is 12.5. The second kappa shape index (κ2) is 10.5. The van der Waals surface area contributed by atoms with Crippen LogP contribution in [-0.4, -0.2) is 42.3 Å². The van der Waals surface area contributed by atoms with Crippen LogP contribution in [0, 0.1) is 11.3 Å². The number of nitrogens with one attached hydrogen (secondary N) is 2. The number of alkyl carbamates (subject to hydrolysis) is 1. The van der Waals surface area contributed by atoms with Crippen LogP contribution in [0.25, 0.3) is 11.1 Å². The molecule has 1 saturated carbocycles. The number of carbonyl (C=O) groups excluding carboxylic acids is 2. The van der Waals surface area contributed by atoms with Gasteiger partial charge in [0.2, 0.25) is 5.91 Å². The summed E-state index contributed by atoms with van der Waals surface area (Å²) in [7, 11) is 0. The van der Waals surface area contributed by atoms with Crippen LogP contribution in [0.3, 0.4) is 0 Å². The van der Waals surface area contributed by atoms with Crippen molar-refractivity contribution in [1.82, 2.24) is 10.6 Å². The quantitative estimate of drug-likeness (QED) is 0.510. The van der Waals surface area contributed by atoms with Crippen molar-refractivity contribution in [2.45, 2.75) is 57.9 Å². The number of carbonyl (C=O) groups is 3. The Kier molecular flexibility index (Phi) is 7.43. The molecule has 1 unspecified atom stereocenters. The van der Waals surface area contributed by atoms with E-state index in [1.54, 1.807) is 6.92 Å². The van der Waals surface area contributed by atoms with Crippen LogP contribution in [0.15, 0.2) is 48.5 Å². The van der Waals surface area contributed by atoms with E-state index in [-0.39, 0.29) is 25.0 Å². The molecule has 0 heterocycles. The Bertz CT molecular complexity index is 1040. The lowest BCUT2D eigenvalue weighted by molar-refractivity contribution is -0.144. The number of carboxylic acids is 1. The van der Waals surface area contributed by atoms with Crippen LogP contribution in [0.1, 0.15) is 63.0 Å². The van der Waals surface area contributed by atoms with Gasteiger partial charge in [-0.1, -0.05) is 62.4 Å². The largest absolute Gasteiger partial charge is 0.480 e. The lowest BCUT2D eigenvalue weighted by atomic mass is 9.70. The number of hydrogen-bond donors (Lipinski definition) is 3. The summed E-state index contributed by atoms with van der Waals surface area (Å²) in [6.07, 6.45) is 2.63. The molecule has 186 valence electrons. The van der Waals surface area contributed by atoms with Gasteiger partial charge in [0.15, 0.2) is 0 Å². The minimum Gasteiger partial charge on any atom is -0.480 e. The Morgan fingerprint density at radius 1 is 1.03 bits per heavy atom. The first kappa shape index (κ1) is 24.8. The number of carboxylic acid groups (broad SMARTS) is 1. The molecule has 0 radical (unpaired) electrons. The normalized spacial score (nSPS) is 21.9. The molecular weight excluding hydrogens is 444 g/mol. The first-order valence-electron chi connectivity index (χ1n) is 12.5. The monoisotopic (exact) mass is 478 g/mol. The number of fused-ring (bicyclic) bond motifs is 3. The van der Waals surface area contributed by atoms with E-state index in [0.29, 0.717) is 25.2 Å². The van der Waals surface area contributed by atoms with E-state index in [2.05, 4.69) is 41.8 Å². The highest BCUT2D eigenvalue weighted by atomic mass is 16.5. The predicted molar refractivity (Wildman–Crippen MR) is 133 cm³/mol. The first-order chi connectivity index (χ1) is 16.8. The van der Waals surface area contributed by atoms with Crippen LogP contribution in [0.5, 0.6) is 0 Å². The predicted octanol–water partition coefficient (Wildman–Crippen LogP) is 4.70. The third kappa shape index (κ3) is 5.19. The summed E-state index contributed by atoms with van der Waals surface area (Å²) >= 11 is 0. The molecule has 2 aromatic rings. The molecule has 1 atom stereocenters. The average Bonchev–Trinajstić information content (AvgIpc) is 3.19. The van der Waals surface area contributed by atoms with Crippen molar-refractivity contribution < 1.29 is 24.2 Å². The third-order valence-electron chi connectivity index (χ3n) is 7.64. The molecule has 3 N–H and O–H groups in total. The topological polar surface area (TPSA) is 105 Å². The minimum atomic E-state index is -1.05. The van der Waals surface area contributed by atoms with Crippen LogP contribution in [0.4, 0.5) is 4.79 Å². The van der Waals surface area contributed by atoms with E-state index in [0.717, 1.165) is 35.1 Å². The zero-order chi connectivity index (χ0) is 25.0. The van der Waals surface area contributed by atoms with Gasteiger partial charge in [-0.15, -0.1) is 0 Å². The number of aliphatic carboxylic acids is 1. The second-order valence-corrected chi connectivity index (χ2v) is 9.91. The summed E-state index contributed by atoms with van der Waals surface area (Å²) in [4.78, 5) is 37.4. The molecule has 35 heavy (non-hydrogen) atoms. The highest BCUT2D eigenvalue weighted by molar-refractivity contribution is 5.88. The fourth-order valence-corrected chi connectivity index (χ4v) is 5.34. The molecule has 0 saturated heterocycles. The lowest BCUT2D eigenvalue weighted by Gasteiger charge is -2.38. The second-order valence-electron chi connectivity index (χ2n) is 9.91. The summed E-state index contributed by atoms with van der Waals surface area (Å²) in [5, 5.41) is 14.9. The van der Waals surface area contributed by atoms with Gasteiger partial charge in [0.05, 0.1) is 5.41 Å². The molecule has 0 spiro atoms. The maximum absolute atomic E-state index is 13.2. The van der Waals surface area contributed by atoms with E-state index in [9.17, 15) is 19.5 Å². The summed E-state index contributed by atoms with van der Waals surface area (Å²) in [6, 6.07) is 15.4. The molecule has 7 heteroatoms. The Hall–Kier alpha value is -3.35. The van der Waals surface area contributed by atoms with Crippen molar-refractivity contribution in [2.24, 2.45) is 11.3 Å². The Balaban J connectivity index is 1.41. The molecular formula is C28H34N2O5. The van der Waals surface area contributed by atoms with Gasteiger partial charge in [-0.2, -0.15) is 0 Å². The van der Waals surface area contributed by atoms with Gasteiger partial charge in [0, 0.05) is 12.5 Å². The average molecular weight is 479 g/mol. The smallest absolute Gasteiger partial charge is 0.407 e. The Labute approximate surface area is 206 Å². The summed E-state index contributed by atoms with van der Waals surface area (Å²) < 4.78 is 5.64. The summed E-state index contributed by atoms with van der Waals surface area (Å²) in [5.74, 6) is -0.907. The SMILES string of the molecule is CCC(NC(=O)C1(CNC(=O)OCC2c3ccccc3-c3ccccc32)CCC(C)CC1)C(=O)O. The molecule has 2 aromatic carbocycles. The van der Waals surface area contributed by atoms with Gasteiger partial charge in [0.1, 0.15) is 12.6 Å². The van der Waals surface area contributed by atoms with E-state index < -0.39 is 23.5 Å². The van der Waals surface area contributed by atoms with E-state index in [1.165, 1.54) is 0 Å². The number of benzene rings is 2. The highest BCUT2D eigenvalue weighted by Crippen LogP contribution is 2.44.